The van der Waals surface area contributed by atoms with Gasteiger partial charge in [0, 0.05) is 6.54 Å². The average Bonchev–Trinajstić information content (AvgIpc) is 2.64. The van der Waals surface area contributed by atoms with E-state index < -0.39 is 0 Å². The number of aryl methyl sites for hydroxylation is 1. The number of phenols is 1. The molecular weight excluding hydrogens is 330 g/mol. The Bertz CT molecular complexity index is 715. The van der Waals surface area contributed by atoms with Crippen molar-refractivity contribution < 1.29 is 14.6 Å². The van der Waals surface area contributed by atoms with Crippen LogP contribution < -0.4 is 20.1 Å². The summed E-state index contributed by atoms with van der Waals surface area (Å²) in [5.74, 6) is 2.13. The minimum Gasteiger partial charge on any atom is -0.504 e. The van der Waals surface area contributed by atoms with E-state index >= 15 is 0 Å². The zero-order valence-electron chi connectivity index (χ0n) is 15.6. The lowest BCUT2D eigenvalue weighted by Gasteiger charge is -2.12. The molecule has 0 aliphatic rings. The van der Waals surface area contributed by atoms with Gasteiger partial charge in [-0.1, -0.05) is 23.8 Å². The lowest BCUT2D eigenvalue weighted by atomic mass is 10.2. The molecule has 0 heterocycles. The summed E-state index contributed by atoms with van der Waals surface area (Å²) in [4.78, 5) is 4.52. The molecule has 140 valence electrons. The molecule has 6 heteroatoms. The predicted molar refractivity (Wildman–Crippen MR) is 104 cm³/mol. The first-order valence-corrected chi connectivity index (χ1v) is 8.70. The van der Waals surface area contributed by atoms with Gasteiger partial charge in [0.2, 0.25) is 0 Å². The monoisotopic (exact) mass is 357 g/mol. The second-order valence-electron chi connectivity index (χ2n) is 5.79. The Balaban J connectivity index is 1.84. The molecule has 2 aromatic rings. The Morgan fingerprint density at radius 1 is 1.12 bits per heavy atom. The van der Waals surface area contributed by atoms with Crippen LogP contribution in [0.5, 0.6) is 17.2 Å². The molecule has 0 saturated carbocycles. The fourth-order valence-electron chi connectivity index (χ4n) is 2.32. The lowest BCUT2D eigenvalue weighted by Crippen LogP contribution is -2.39. The van der Waals surface area contributed by atoms with E-state index in [4.69, 9.17) is 9.47 Å². The number of hydrogen-bond acceptors (Lipinski definition) is 4. The highest BCUT2D eigenvalue weighted by Gasteiger charge is 2.03. The van der Waals surface area contributed by atoms with Crippen molar-refractivity contribution in [1.29, 1.82) is 0 Å². The Morgan fingerprint density at radius 3 is 2.54 bits per heavy atom. The number of nitrogens with zero attached hydrogens (tertiary/aromatic N) is 1. The molecule has 0 amide bonds. The molecular formula is C20H27N3O3. The molecule has 26 heavy (non-hydrogen) atoms. The van der Waals surface area contributed by atoms with Crippen molar-refractivity contribution in [1.82, 2.24) is 10.6 Å². The smallest absolute Gasteiger partial charge is 0.191 e. The van der Waals surface area contributed by atoms with Gasteiger partial charge in [-0.15, -0.1) is 0 Å². The Kier molecular flexibility index (Phi) is 7.61. The Hall–Kier alpha value is -2.89. The number of phenolic OH excluding ortho intramolecular Hbond substituents is 1. The van der Waals surface area contributed by atoms with Crippen molar-refractivity contribution in [3.8, 4) is 17.2 Å². The fourth-order valence-corrected chi connectivity index (χ4v) is 2.32. The zero-order valence-corrected chi connectivity index (χ0v) is 15.6. The van der Waals surface area contributed by atoms with Crippen LogP contribution in [-0.2, 0) is 6.54 Å². The summed E-state index contributed by atoms with van der Waals surface area (Å²) in [6.07, 6.45) is 0. The summed E-state index contributed by atoms with van der Waals surface area (Å²) < 4.78 is 10.7. The van der Waals surface area contributed by atoms with Crippen LogP contribution in [0.1, 0.15) is 18.1 Å². The van der Waals surface area contributed by atoms with Crippen molar-refractivity contribution in [3.63, 3.8) is 0 Å². The molecule has 0 spiro atoms. The molecule has 0 saturated heterocycles. The number of benzene rings is 2. The highest BCUT2D eigenvalue weighted by atomic mass is 16.5. The van der Waals surface area contributed by atoms with Crippen LogP contribution in [-0.4, -0.2) is 37.9 Å². The molecule has 0 aliphatic heterocycles. The molecule has 0 atom stereocenters. The van der Waals surface area contributed by atoms with Gasteiger partial charge in [0.05, 0.1) is 20.2 Å². The first kappa shape index (κ1) is 19.4. The molecule has 2 rings (SSSR count). The molecule has 0 aliphatic carbocycles. The number of nitrogens with one attached hydrogen (secondary N) is 2. The van der Waals surface area contributed by atoms with Crippen molar-refractivity contribution in [3.05, 3.63) is 53.6 Å². The first-order valence-electron chi connectivity index (χ1n) is 8.70. The Labute approximate surface area is 154 Å². The van der Waals surface area contributed by atoms with E-state index in [0.29, 0.717) is 31.4 Å². The van der Waals surface area contributed by atoms with Crippen molar-refractivity contribution in [2.24, 2.45) is 4.99 Å². The molecule has 0 radical (unpaired) electrons. The van der Waals surface area contributed by atoms with Gasteiger partial charge in [0.25, 0.3) is 0 Å². The topological polar surface area (TPSA) is 75.1 Å². The fraction of sp³-hybridized carbons (Fsp3) is 0.350. The summed E-state index contributed by atoms with van der Waals surface area (Å²) in [6, 6.07) is 13.3. The van der Waals surface area contributed by atoms with Crippen LogP contribution in [0.3, 0.4) is 0 Å². The van der Waals surface area contributed by atoms with Gasteiger partial charge < -0.3 is 25.2 Å². The molecule has 2 aromatic carbocycles. The van der Waals surface area contributed by atoms with Gasteiger partial charge in [-0.2, -0.15) is 0 Å². The standard InChI is InChI=1S/C20H27N3O3/c1-4-21-20(22-11-12-26-17-8-5-15(2)6-9-17)23-14-16-7-10-19(25-3)18(24)13-16/h5-10,13,24H,4,11-12,14H2,1-3H3,(H2,21,22,23). The summed E-state index contributed by atoms with van der Waals surface area (Å²) >= 11 is 0. The predicted octanol–water partition coefficient (Wildman–Crippen LogP) is 2.84. The number of aromatic hydroxyl groups is 1. The maximum Gasteiger partial charge on any atom is 0.191 e. The average molecular weight is 357 g/mol. The third-order valence-corrected chi connectivity index (χ3v) is 3.69. The van der Waals surface area contributed by atoms with Crippen LogP contribution in [0.4, 0.5) is 0 Å². The number of rotatable bonds is 8. The molecule has 0 aromatic heterocycles. The van der Waals surface area contributed by atoms with Crippen LogP contribution in [0.15, 0.2) is 47.5 Å². The molecule has 0 unspecified atom stereocenters. The third-order valence-electron chi connectivity index (χ3n) is 3.69. The minimum atomic E-state index is 0.115. The summed E-state index contributed by atoms with van der Waals surface area (Å²) in [5, 5.41) is 16.3. The van der Waals surface area contributed by atoms with E-state index in [0.717, 1.165) is 17.9 Å². The number of hydrogen-bond donors (Lipinski definition) is 3. The van der Waals surface area contributed by atoms with Crippen molar-refractivity contribution in [2.45, 2.75) is 20.4 Å². The number of aliphatic imine (C=N–C) groups is 1. The van der Waals surface area contributed by atoms with Crippen LogP contribution in [0.25, 0.3) is 0 Å². The molecule has 3 N–H and O–H groups in total. The van der Waals surface area contributed by atoms with E-state index in [1.807, 2.05) is 44.2 Å². The quantitative estimate of drug-likeness (QED) is 0.385. The Morgan fingerprint density at radius 2 is 1.88 bits per heavy atom. The highest BCUT2D eigenvalue weighted by Crippen LogP contribution is 2.26. The zero-order chi connectivity index (χ0) is 18.8. The van der Waals surface area contributed by atoms with Gasteiger partial charge in [-0.3, -0.25) is 0 Å². The lowest BCUT2D eigenvalue weighted by molar-refractivity contribution is 0.322. The number of ether oxygens (including phenoxy) is 2. The van der Waals surface area contributed by atoms with E-state index in [9.17, 15) is 5.11 Å². The first-order chi connectivity index (χ1) is 12.6. The van der Waals surface area contributed by atoms with E-state index in [1.54, 1.807) is 12.1 Å². The maximum atomic E-state index is 9.84. The van der Waals surface area contributed by atoms with Crippen molar-refractivity contribution >= 4 is 5.96 Å². The normalized spacial score (nSPS) is 11.1. The molecule has 6 nitrogen and oxygen atoms in total. The van der Waals surface area contributed by atoms with Crippen LogP contribution >= 0.6 is 0 Å². The maximum absolute atomic E-state index is 9.84. The van der Waals surface area contributed by atoms with Crippen molar-refractivity contribution in [2.75, 3.05) is 26.8 Å². The highest BCUT2D eigenvalue weighted by molar-refractivity contribution is 5.79. The van der Waals surface area contributed by atoms with Gasteiger partial charge >= 0.3 is 0 Å². The van der Waals surface area contributed by atoms with Crippen LogP contribution in [0.2, 0.25) is 0 Å². The van der Waals surface area contributed by atoms with Crippen LogP contribution in [0, 0.1) is 6.92 Å². The SMILES string of the molecule is CCNC(=NCc1ccc(OC)c(O)c1)NCCOc1ccc(C)cc1. The second-order valence-corrected chi connectivity index (χ2v) is 5.79. The summed E-state index contributed by atoms with van der Waals surface area (Å²) in [7, 11) is 1.53. The molecule has 0 bridgehead atoms. The minimum absolute atomic E-state index is 0.115. The van der Waals surface area contributed by atoms with Gasteiger partial charge in [-0.25, -0.2) is 4.99 Å². The third kappa shape index (κ3) is 6.20. The van der Waals surface area contributed by atoms with E-state index in [2.05, 4.69) is 15.6 Å². The van der Waals surface area contributed by atoms with Gasteiger partial charge in [0.15, 0.2) is 17.5 Å². The molecule has 0 fully saturated rings. The summed E-state index contributed by atoms with van der Waals surface area (Å²) in [6.45, 7) is 6.45. The largest absolute Gasteiger partial charge is 0.504 e. The van der Waals surface area contributed by atoms with Gasteiger partial charge in [-0.05, 0) is 43.7 Å². The number of methoxy groups -OCH3 is 1. The van der Waals surface area contributed by atoms with E-state index in [-0.39, 0.29) is 5.75 Å². The second kappa shape index (κ2) is 10.2. The van der Waals surface area contributed by atoms with Gasteiger partial charge in [0.1, 0.15) is 12.4 Å². The number of guanidine groups is 1. The van der Waals surface area contributed by atoms with E-state index in [1.165, 1.54) is 12.7 Å². The summed E-state index contributed by atoms with van der Waals surface area (Å²) in [5.41, 5.74) is 2.11.